The van der Waals surface area contributed by atoms with Crippen LogP contribution in [0.25, 0.3) is 0 Å². The van der Waals surface area contributed by atoms with Crippen LogP contribution in [-0.2, 0) is 6.42 Å². The minimum absolute atomic E-state index is 0.269. The highest BCUT2D eigenvalue weighted by Gasteiger charge is 1.99. The number of hydrogen-bond acceptors (Lipinski definition) is 4. The maximum absolute atomic E-state index is 9.10. The molecular weight excluding hydrogens is 190 g/mol. The summed E-state index contributed by atoms with van der Waals surface area (Å²) in [4.78, 5) is 8.29. The Balaban J connectivity index is 2.43. The van der Waals surface area contributed by atoms with Gasteiger partial charge in [-0.2, -0.15) is 0 Å². The normalized spacial score (nSPS) is 12.5. The van der Waals surface area contributed by atoms with Gasteiger partial charge in [-0.05, 0) is 19.8 Å². The van der Waals surface area contributed by atoms with Crippen LogP contribution in [0, 0.1) is 0 Å². The van der Waals surface area contributed by atoms with Gasteiger partial charge in [0, 0.05) is 18.3 Å². The summed E-state index contributed by atoms with van der Waals surface area (Å²) in [6, 6.07) is 1.96. The fourth-order valence-electron chi connectivity index (χ4n) is 1.30. The van der Waals surface area contributed by atoms with Gasteiger partial charge in [0.15, 0.2) is 0 Å². The molecule has 0 aliphatic carbocycles. The fourth-order valence-corrected chi connectivity index (χ4v) is 1.30. The lowest BCUT2D eigenvalue weighted by atomic mass is 10.2. The maximum atomic E-state index is 9.10. The van der Waals surface area contributed by atoms with Gasteiger partial charge in [0.05, 0.1) is 6.10 Å². The standard InChI is InChI=1S/C11H19N3O/c1-3-4-10-7-11(14-8-13-10)12-6-5-9(2)15/h7-9,15H,3-6H2,1-2H3,(H,12,13,14). The van der Waals surface area contributed by atoms with Crippen LogP contribution in [0.2, 0.25) is 0 Å². The van der Waals surface area contributed by atoms with Crippen LogP contribution in [-0.4, -0.2) is 27.7 Å². The molecule has 4 nitrogen and oxygen atoms in total. The number of aromatic nitrogens is 2. The molecule has 0 radical (unpaired) electrons. The molecule has 1 heterocycles. The Labute approximate surface area is 90.8 Å². The van der Waals surface area contributed by atoms with Crippen LogP contribution in [0.3, 0.4) is 0 Å². The third-order valence-corrected chi connectivity index (χ3v) is 2.10. The van der Waals surface area contributed by atoms with Crippen molar-refractivity contribution in [2.45, 2.75) is 39.2 Å². The van der Waals surface area contributed by atoms with E-state index in [9.17, 15) is 0 Å². The summed E-state index contributed by atoms with van der Waals surface area (Å²) in [6.07, 6.45) is 4.11. The molecule has 4 heteroatoms. The van der Waals surface area contributed by atoms with E-state index in [1.165, 1.54) is 0 Å². The van der Waals surface area contributed by atoms with Crippen LogP contribution in [0.1, 0.15) is 32.4 Å². The minimum atomic E-state index is -0.269. The number of rotatable bonds is 6. The number of aryl methyl sites for hydroxylation is 1. The first kappa shape index (κ1) is 11.9. The molecule has 0 fully saturated rings. The molecule has 0 aliphatic heterocycles. The van der Waals surface area contributed by atoms with Crippen LogP contribution in [0.4, 0.5) is 5.82 Å². The van der Waals surface area contributed by atoms with E-state index < -0.39 is 0 Å². The van der Waals surface area contributed by atoms with Crippen molar-refractivity contribution >= 4 is 5.82 Å². The lowest BCUT2D eigenvalue weighted by molar-refractivity contribution is 0.188. The summed E-state index contributed by atoms with van der Waals surface area (Å²) in [5.41, 5.74) is 1.06. The van der Waals surface area contributed by atoms with Crippen LogP contribution >= 0.6 is 0 Å². The summed E-state index contributed by atoms with van der Waals surface area (Å²) in [6.45, 7) is 4.65. The van der Waals surface area contributed by atoms with Gasteiger partial charge < -0.3 is 10.4 Å². The van der Waals surface area contributed by atoms with Gasteiger partial charge in [-0.3, -0.25) is 0 Å². The first-order valence-electron chi connectivity index (χ1n) is 5.45. The van der Waals surface area contributed by atoms with Crippen molar-refractivity contribution in [3.05, 3.63) is 18.1 Å². The molecule has 84 valence electrons. The third-order valence-electron chi connectivity index (χ3n) is 2.10. The van der Waals surface area contributed by atoms with E-state index in [-0.39, 0.29) is 6.10 Å². The molecule has 1 atom stereocenters. The van der Waals surface area contributed by atoms with E-state index in [2.05, 4.69) is 22.2 Å². The lowest BCUT2D eigenvalue weighted by Gasteiger charge is -2.07. The average molecular weight is 209 g/mol. The van der Waals surface area contributed by atoms with E-state index in [0.717, 1.165) is 37.3 Å². The highest BCUT2D eigenvalue weighted by Crippen LogP contribution is 2.06. The van der Waals surface area contributed by atoms with Gasteiger partial charge in [-0.15, -0.1) is 0 Å². The highest BCUT2D eigenvalue weighted by atomic mass is 16.3. The number of nitrogens with one attached hydrogen (secondary N) is 1. The van der Waals surface area contributed by atoms with Crippen LogP contribution in [0.15, 0.2) is 12.4 Å². The van der Waals surface area contributed by atoms with Gasteiger partial charge in [-0.1, -0.05) is 13.3 Å². The summed E-state index contributed by atoms with van der Waals surface area (Å²) < 4.78 is 0. The SMILES string of the molecule is CCCc1cc(NCCC(C)O)ncn1. The third kappa shape index (κ3) is 4.74. The zero-order valence-electron chi connectivity index (χ0n) is 9.40. The second kappa shape index (κ2) is 6.35. The Hall–Kier alpha value is -1.16. The summed E-state index contributed by atoms with van der Waals surface area (Å²) >= 11 is 0. The average Bonchev–Trinajstić information content (AvgIpc) is 2.18. The fraction of sp³-hybridized carbons (Fsp3) is 0.636. The highest BCUT2D eigenvalue weighted by molar-refractivity contribution is 5.34. The summed E-state index contributed by atoms with van der Waals surface area (Å²) in [7, 11) is 0. The van der Waals surface area contributed by atoms with Crippen molar-refractivity contribution < 1.29 is 5.11 Å². The molecule has 1 rings (SSSR count). The molecule has 0 spiro atoms. The van der Waals surface area contributed by atoms with Gasteiger partial charge >= 0.3 is 0 Å². The Morgan fingerprint density at radius 2 is 2.27 bits per heavy atom. The Morgan fingerprint density at radius 3 is 2.93 bits per heavy atom. The molecule has 1 unspecified atom stereocenters. The molecule has 0 saturated carbocycles. The lowest BCUT2D eigenvalue weighted by Crippen LogP contribution is -2.10. The Bertz CT molecular complexity index is 289. The molecule has 0 aliphatic rings. The molecular formula is C11H19N3O. The van der Waals surface area contributed by atoms with E-state index in [1.807, 2.05) is 6.07 Å². The number of aliphatic hydroxyl groups is 1. The monoisotopic (exact) mass is 209 g/mol. The molecule has 0 saturated heterocycles. The second-order valence-electron chi connectivity index (χ2n) is 3.71. The van der Waals surface area contributed by atoms with Gasteiger partial charge in [0.1, 0.15) is 12.1 Å². The van der Waals surface area contributed by atoms with Crippen molar-refractivity contribution in [2.75, 3.05) is 11.9 Å². The zero-order chi connectivity index (χ0) is 11.1. The Morgan fingerprint density at radius 1 is 1.47 bits per heavy atom. The predicted molar refractivity (Wildman–Crippen MR) is 60.8 cm³/mol. The Kier molecular flexibility index (Phi) is 5.04. The van der Waals surface area contributed by atoms with Crippen LogP contribution in [0.5, 0.6) is 0 Å². The first-order chi connectivity index (χ1) is 7.22. The quantitative estimate of drug-likeness (QED) is 0.747. The van der Waals surface area contributed by atoms with Gasteiger partial charge in [0.2, 0.25) is 0 Å². The molecule has 0 aromatic carbocycles. The number of aliphatic hydroxyl groups excluding tert-OH is 1. The molecule has 0 amide bonds. The topological polar surface area (TPSA) is 58.0 Å². The van der Waals surface area contributed by atoms with Crippen molar-refractivity contribution in [1.29, 1.82) is 0 Å². The molecule has 0 bridgehead atoms. The van der Waals surface area contributed by atoms with E-state index in [0.29, 0.717) is 0 Å². The van der Waals surface area contributed by atoms with E-state index in [1.54, 1.807) is 13.3 Å². The van der Waals surface area contributed by atoms with Gasteiger partial charge in [0.25, 0.3) is 0 Å². The van der Waals surface area contributed by atoms with Crippen molar-refractivity contribution in [1.82, 2.24) is 9.97 Å². The van der Waals surface area contributed by atoms with Crippen molar-refractivity contribution in [2.24, 2.45) is 0 Å². The molecule has 15 heavy (non-hydrogen) atoms. The largest absolute Gasteiger partial charge is 0.393 e. The summed E-state index contributed by atoms with van der Waals surface area (Å²) in [5, 5.41) is 12.3. The van der Waals surface area contributed by atoms with Crippen LogP contribution < -0.4 is 5.32 Å². The second-order valence-corrected chi connectivity index (χ2v) is 3.71. The minimum Gasteiger partial charge on any atom is -0.393 e. The van der Waals surface area contributed by atoms with Crippen molar-refractivity contribution in [3.8, 4) is 0 Å². The molecule has 1 aromatic heterocycles. The first-order valence-corrected chi connectivity index (χ1v) is 5.45. The zero-order valence-corrected chi connectivity index (χ0v) is 9.40. The maximum Gasteiger partial charge on any atom is 0.129 e. The molecule has 1 aromatic rings. The summed E-state index contributed by atoms with van der Waals surface area (Å²) in [5.74, 6) is 0.842. The van der Waals surface area contributed by atoms with Gasteiger partial charge in [-0.25, -0.2) is 9.97 Å². The number of hydrogen-bond donors (Lipinski definition) is 2. The van der Waals surface area contributed by atoms with E-state index in [4.69, 9.17) is 5.11 Å². The molecule has 2 N–H and O–H groups in total. The number of anilines is 1. The number of nitrogens with zero attached hydrogens (tertiary/aromatic N) is 2. The van der Waals surface area contributed by atoms with Crippen molar-refractivity contribution in [3.63, 3.8) is 0 Å². The van der Waals surface area contributed by atoms with E-state index >= 15 is 0 Å². The predicted octanol–water partition coefficient (Wildman–Crippen LogP) is 1.61. The smallest absolute Gasteiger partial charge is 0.129 e.